The number of benzene rings is 2. The lowest BCUT2D eigenvalue weighted by atomic mass is 10.1. The normalized spacial score (nSPS) is 12.8. The summed E-state index contributed by atoms with van der Waals surface area (Å²) in [6.45, 7) is 0.154. The molecule has 3 aromatic rings. The monoisotopic (exact) mass is 280 g/mol. The Morgan fingerprint density at radius 1 is 1.00 bits per heavy atom. The van der Waals surface area contributed by atoms with Gasteiger partial charge in [0.15, 0.2) is 16.8 Å². The van der Waals surface area contributed by atoms with Crippen LogP contribution in [0.4, 0.5) is 0 Å². The maximum atomic E-state index is 12.2. The Hall–Kier alpha value is -2.75. The smallest absolute Gasteiger partial charge is 0.231 e. The molecule has 0 N–H and O–H groups in total. The fourth-order valence-electron chi connectivity index (χ4n) is 2.51. The molecule has 2 heterocycles. The summed E-state index contributed by atoms with van der Waals surface area (Å²) in [6.07, 6.45) is 0.566. The molecule has 104 valence electrons. The standard InChI is InChI=1S/C17H12O4/c18-14-9-12(8-11-4-2-1-3-5-11)21-16-13(14)6-7-15-17(16)20-10-19-15/h1-7,9H,8,10H2. The van der Waals surface area contributed by atoms with E-state index in [1.807, 2.05) is 30.3 Å². The van der Waals surface area contributed by atoms with Gasteiger partial charge in [0.25, 0.3) is 0 Å². The van der Waals surface area contributed by atoms with Crippen molar-refractivity contribution in [2.24, 2.45) is 0 Å². The molecule has 0 spiro atoms. The van der Waals surface area contributed by atoms with Gasteiger partial charge >= 0.3 is 0 Å². The van der Waals surface area contributed by atoms with E-state index in [0.29, 0.717) is 34.6 Å². The first-order valence-corrected chi connectivity index (χ1v) is 6.70. The van der Waals surface area contributed by atoms with E-state index in [0.717, 1.165) is 5.56 Å². The van der Waals surface area contributed by atoms with E-state index in [1.165, 1.54) is 6.07 Å². The lowest BCUT2D eigenvalue weighted by Crippen LogP contribution is -2.03. The van der Waals surface area contributed by atoms with Gasteiger partial charge in [0, 0.05) is 12.5 Å². The Kier molecular flexibility index (Phi) is 2.67. The van der Waals surface area contributed by atoms with Gasteiger partial charge in [-0.15, -0.1) is 0 Å². The molecule has 4 rings (SSSR count). The number of fused-ring (bicyclic) bond motifs is 3. The van der Waals surface area contributed by atoms with Gasteiger partial charge in [0.05, 0.1) is 5.39 Å². The second-order valence-electron chi connectivity index (χ2n) is 4.92. The third-order valence-electron chi connectivity index (χ3n) is 3.51. The van der Waals surface area contributed by atoms with Crippen LogP contribution in [0, 0.1) is 0 Å². The molecular weight excluding hydrogens is 268 g/mol. The molecule has 1 aliphatic rings. The van der Waals surface area contributed by atoms with E-state index in [2.05, 4.69) is 0 Å². The molecule has 0 unspecified atom stereocenters. The van der Waals surface area contributed by atoms with E-state index in [1.54, 1.807) is 12.1 Å². The Bertz CT molecular complexity index is 865. The molecule has 1 aliphatic heterocycles. The van der Waals surface area contributed by atoms with Gasteiger partial charge in [0.2, 0.25) is 12.5 Å². The zero-order valence-electron chi connectivity index (χ0n) is 11.2. The van der Waals surface area contributed by atoms with E-state index in [-0.39, 0.29) is 12.2 Å². The van der Waals surface area contributed by atoms with Gasteiger partial charge in [-0.25, -0.2) is 0 Å². The topological polar surface area (TPSA) is 48.7 Å². The summed E-state index contributed by atoms with van der Waals surface area (Å²) in [6, 6.07) is 14.9. The van der Waals surface area contributed by atoms with Gasteiger partial charge in [0.1, 0.15) is 5.76 Å². The SMILES string of the molecule is O=c1cc(Cc2ccccc2)oc2c3c(ccc12)OCO3. The van der Waals surface area contributed by atoms with Crippen molar-refractivity contribution in [1.29, 1.82) is 0 Å². The highest BCUT2D eigenvalue weighted by Crippen LogP contribution is 2.38. The minimum atomic E-state index is -0.0690. The maximum Gasteiger partial charge on any atom is 0.231 e. The van der Waals surface area contributed by atoms with Crippen LogP contribution in [0.25, 0.3) is 11.0 Å². The van der Waals surface area contributed by atoms with Crippen molar-refractivity contribution >= 4 is 11.0 Å². The summed E-state index contributed by atoms with van der Waals surface area (Å²) in [7, 11) is 0. The first-order valence-electron chi connectivity index (χ1n) is 6.70. The number of ether oxygens (including phenoxy) is 2. The zero-order valence-corrected chi connectivity index (χ0v) is 11.2. The Morgan fingerprint density at radius 2 is 1.86 bits per heavy atom. The summed E-state index contributed by atoms with van der Waals surface area (Å²) in [5, 5.41) is 0.510. The molecule has 0 aliphatic carbocycles. The van der Waals surface area contributed by atoms with Crippen LogP contribution >= 0.6 is 0 Å². The van der Waals surface area contributed by atoms with Crippen LogP contribution in [-0.4, -0.2) is 6.79 Å². The van der Waals surface area contributed by atoms with Gasteiger partial charge in [-0.05, 0) is 17.7 Å². The minimum absolute atomic E-state index is 0.0690. The third kappa shape index (κ3) is 2.05. The molecule has 4 heteroatoms. The summed E-state index contributed by atoms with van der Waals surface area (Å²) < 4.78 is 16.6. The van der Waals surface area contributed by atoms with E-state index >= 15 is 0 Å². The van der Waals surface area contributed by atoms with Crippen molar-refractivity contribution in [2.75, 3.05) is 6.79 Å². The number of hydrogen-bond donors (Lipinski definition) is 0. The molecule has 2 aromatic carbocycles. The number of rotatable bonds is 2. The lowest BCUT2D eigenvalue weighted by molar-refractivity contribution is 0.174. The van der Waals surface area contributed by atoms with Gasteiger partial charge in [-0.2, -0.15) is 0 Å². The molecule has 0 fully saturated rings. The largest absolute Gasteiger partial charge is 0.456 e. The highest BCUT2D eigenvalue weighted by Gasteiger charge is 2.20. The fraction of sp³-hybridized carbons (Fsp3) is 0.118. The second-order valence-corrected chi connectivity index (χ2v) is 4.92. The predicted octanol–water partition coefficient (Wildman–Crippen LogP) is 3.11. The third-order valence-corrected chi connectivity index (χ3v) is 3.51. The maximum absolute atomic E-state index is 12.2. The molecule has 0 atom stereocenters. The average molecular weight is 280 g/mol. The molecule has 0 bridgehead atoms. The van der Waals surface area contributed by atoms with E-state index in [4.69, 9.17) is 13.9 Å². The quantitative estimate of drug-likeness (QED) is 0.723. The minimum Gasteiger partial charge on any atom is -0.456 e. The highest BCUT2D eigenvalue weighted by atomic mass is 16.7. The van der Waals surface area contributed by atoms with Crippen molar-refractivity contribution < 1.29 is 13.9 Å². The number of hydrogen-bond acceptors (Lipinski definition) is 4. The van der Waals surface area contributed by atoms with Crippen LogP contribution in [-0.2, 0) is 6.42 Å². The summed E-state index contributed by atoms with van der Waals surface area (Å²) >= 11 is 0. The summed E-state index contributed by atoms with van der Waals surface area (Å²) in [5.74, 6) is 1.74. The van der Waals surface area contributed by atoms with Crippen molar-refractivity contribution in [1.82, 2.24) is 0 Å². The average Bonchev–Trinajstić information content (AvgIpc) is 2.97. The molecule has 0 radical (unpaired) electrons. The van der Waals surface area contributed by atoms with Crippen LogP contribution in [0.15, 0.2) is 57.7 Å². The first kappa shape index (κ1) is 12.0. The first-order chi connectivity index (χ1) is 10.3. The molecule has 1 aromatic heterocycles. The van der Waals surface area contributed by atoms with Gasteiger partial charge in [-0.3, -0.25) is 4.79 Å². The van der Waals surface area contributed by atoms with Crippen LogP contribution in [0.5, 0.6) is 11.5 Å². The Labute approximate surface area is 120 Å². The zero-order chi connectivity index (χ0) is 14.2. The van der Waals surface area contributed by atoms with Crippen molar-refractivity contribution in [3.05, 3.63) is 70.1 Å². The molecule has 0 amide bonds. The van der Waals surface area contributed by atoms with Crippen LogP contribution < -0.4 is 14.9 Å². The van der Waals surface area contributed by atoms with Gasteiger partial charge in [-0.1, -0.05) is 30.3 Å². The molecular formula is C17H12O4. The molecule has 21 heavy (non-hydrogen) atoms. The molecule has 0 saturated heterocycles. The van der Waals surface area contributed by atoms with Crippen LogP contribution in [0.3, 0.4) is 0 Å². The Morgan fingerprint density at radius 3 is 2.71 bits per heavy atom. The fourth-order valence-corrected chi connectivity index (χ4v) is 2.51. The van der Waals surface area contributed by atoms with Crippen molar-refractivity contribution in [2.45, 2.75) is 6.42 Å². The van der Waals surface area contributed by atoms with E-state index < -0.39 is 0 Å². The lowest BCUT2D eigenvalue weighted by Gasteiger charge is -2.05. The highest BCUT2D eigenvalue weighted by molar-refractivity contribution is 5.85. The second kappa shape index (κ2) is 4.66. The van der Waals surface area contributed by atoms with Crippen LogP contribution in [0.1, 0.15) is 11.3 Å². The molecule has 4 nitrogen and oxygen atoms in total. The summed E-state index contributed by atoms with van der Waals surface area (Å²) in [5.41, 5.74) is 1.48. The predicted molar refractivity (Wildman–Crippen MR) is 77.9 cm³/mol. The molecule has 0 saturated carbocycles. The van der Waals surface area contributed by atoms with Crippen molar-refractivity contribution in [3.8, 4) is 11.5 Å². The van der Waals surface area contributed by atoms with Gasteiger partial charge < -0.3 is 13.9 Å². The van der Waals surface area contributed by atoms with E-state index in [9.17, 15) is 4.79 Å². The van der Waals surface area contributed by atoms with Crippen LogP contribution in [0.2, 0.25) is 0 Å². The Balaban J connectivity index is 1.86. The summed E-state index contributed by atoms with van der Waals surface area (Å²) in [4.78, 5) is 12.2. The van der Waals surface area contributed by atoms with Crippen molar-refractivity contribution in [3.63, 3.8) is 0 Å².